The lowest BCUT2D eigenvalue weighted by Crippen LogP contribution is -2.29. The molecule has 1 aliphatic rings. The number of rotatable bonds is 2. The number of nitrogens with zero attached hydrogens (tertiary/aromatic N) is 1. The molecule has 1 aromatic rings. The molecule has 16 heavy (non-hydrogen) atoms. The fraction of sp³-hybridized carbons (Fsp3) is 0.500. The van der Waals surface area contributed by atoms with E-state index >= 15 is 0 Å². The minimum absolute atomic E-state index is 0.0381. The average Bonchev–Trinajstić information content (AvgIpc) is 2.66. The number of hydrogen-bond acceptors (Lipinski definition) is 2. The van der Waals surface area contributed by atoms with Crippen LogP contribution in [0.5, 0.6) is 0 Å². The van der Waals surface area contributed by atoms with Gasteiger partial charge < -0.3 is 0 Å². The van der Waals surface area contributed by atoms with Crippen molar-refractivity contribution in [1.29, 1.82) is 0 Å². The summed E-state index contributed by atoms with van der Waals surface area (Å²) in [5.74, 6) is 0. The molecule has 88 valence electrons. The highest BCUT2D eigenvalue weighted by atomic mass is 32.2. The second-order valence-corrected chi connectivity index (χ2v) is 6.32. The highest BCUT2D eigenvalue weighted by Gasteiger charge is 2.32. The van der Waals surface area contributed by atoms with Crippen LogP contribution >= 0.6 is 0 Å². The second-order valence-electron chi connectivity index (χ2n) is 4.39. The molecule has 0 aromatic heterocycles. The summed E-state index contributed by atoms with van der Waals surface area (Å²) in [7, 11) is -3.08. The van der Waals surface area contributed by atoms with Gasteiger partial charge >= 0.3 is 0 Å². The zero-order valence-corrected chi connectivity index (χ0v) is 10.5. The SMILES string of the molecule is Cc1ccccc1C1CCCN1S(C)(=O)=O. The quantitative estimate of drug-likeness (QED) is 0.792. The van der Waals surface area contributed by atoms with Gasteiger partial charge in [0.05, 0.1) is 6.26 Å². The van der Waals surface area contributed by atoms with Crippen LogP contribution in [0.3, 0.4) is 0 Å². The van der Waals surface area contributed by atoms with Crippen LogP contribution in [-0.4, -0.2) is 25.5 Å². The molecule has 0 amide bonds. The van der Waals surface area contributed by atoms with E-state index < -0.39 is 10.0 Å². The predicted octanol–water partition coefficient (Wildman–Crippen LogP) is 2.09. The standard InChI is InChI=1S/C12H17NO2S/c1-10-6-3-4-7-11(10)12-8-5-9-13(12)16(2,14)15/h3-4,6-7,12H,5,8-9H2,1-2H3. The Kier molecular flexibility index (Phi) is 3.04. The third kappa shape index (κ3) is 2.13. The summed E-state index contributed by atoms with van der Waals surface area (Å²) >= 11 is 0. The summed E-state index contributed by atoms with van der Waals surface area (Å²) in [6, 6.07) is 8.06. The molecule has 1 aliphatic heterocycles. The monoisotopic (exact) mass is 239 g/mol. The molecule has 0 spiro atoms. The lowest BCUT2D eigenvalue weighted by Gasteiger charge is -2.23. The van der Waals surface area contributed by atoms with Gasteiger partial charge in [-0.3, -0.25) is 0 Å². The maximum Gasteiger partial charge on any atom is 0.211 e. The van der Waals surface area contributed by atoms with Crippen molar-refractivity contribution in [1.82, 2.24) is 4.31 Å². The first-order valence-electron chi connectivity index (χ1n) is 5.52. The van der Waals surface area contributed by atoms with Crippen LogP contribution in [0, 0.1) is 6.92 Å². The van der Waals surface area contributed by atoms with Gasteiger partial charge in [-0.05, 0) is 30.9 Å². The van der Waals surface area contributed by atoms with Crippen molar-refractivity contribution in [2.75, 3.05) is 12.8 Å². The molecule has 0 saturated carbocycles. The minimum atomic E-state index is -3.08. The van der Waals surface area contributed by atoms with Crippen molar-refractivity contribution in [2.45, 2.75) is 25.8 Å². The summed E-state index contributed by atoms with van der Waals surface area (Å²) in [5, 5.41) is 0. The van der Waals surface area contributed by atoms with Gasteiger partial charge in [-0.2, -0.15) is 4.31 Å². The van der Waals surface area contributed by atoms with Gasteiger partial charge in [-0.1, -0.05) is 24.3 Å². The van der Waals surface area contributed by atoms with Crippen molar-refractivity contribution < 1.29 is 8.42 Å². The smallest absolute Gasteiger partial charge is 0.211 e. The second kappa shape index (κ2) is 4.18. The zero-order valence-electron chi connectivity index (χ0n) is 9.68. The topological polar surface area (TPSA) is 37.4 Å². The Labute approximate surface area is 97.1 Å². The lowest BCUT2D eigenvalue weighted by atomic mass is 10.0. The molecule has 1 atom stereocenters. The van der Waals surface area contributed by atoms with Crippen molar-refractivity contribution in [3.05, 3.63) is 35.4 Å². The third-order valence-corrected chi connectivity index (χ3v) is 4.47. The largest absolute Gasteiger partial charge is 0.212 e. The van der Waals surface area contributed by atoms with Crippen LogP contribution in [0.2, 0.25) is 0 Å². The van der Waals surface area contributed by atoms with E-state index in [-0.39, 0.29) is 6.04 Å². The van der Waals surface area contributed by atoms with Crippen LogP contribution in [0.1, 0.15) is 30.0 Å². The van der Waals surface area contributed by atoms with Crippen molar-refractivity contribution in [3.63, 3.8) is 0 Å². The molecule has 0 radical (unpaired) electrons. The van der Waals surface area contributed by atoms with E-state index in [1.54, 1.807) is 4.31 Å². The van der Waals surface area contributed by atoms with Crippen LogP contribution in [0.4, 0.5) is 0 Å². The fourth-order valence-electron chi connectivity index (χ4n) is 2.41. The van der Waals surface area contributed by atoms with Crippen LogP contribution in [0.15, 0.2) is 24.3 Å². The van der Waals surface area contributed by atoms with Crippen molar-refractivity contribution >= 4 is 10.0 Å². The van der Waals surface area contributed by atoms with Crippen LogP contribution in [0.25, 0.3) is 0 Å². The highest BCUT2D eigenvalue weighted by molar-refractivity contribution is 7.88. The Morgan fingerprint density at radius 3 is 2.62 bits per heavy atom. The van der Waals surface area contributed by atoms with Crippen molar-refractivity contribution in [3.8, 4) is 0 Å². The number of hydrogen-bond donors (Lipinski definition) is 0. The predicted molar refractivity (Wildman–Crippen MR) is 64.7 cm³/mol. The maximum absolute atomic E-state index is 11.7. The van der Waals surface area contributed by atoms with Gasteiger partial charge in [0.2, 0.25) is 10.0 Å². The summed E-state index contributed by atoms with van der Waals surface area (Å²) in [5.41, 5.74) is 2.31. The van der Waals surface area contributed by atoms with Crippen LogP contribution < -0.4 is 0 Å². The molecule has 1 fully saturated rings. The average molecular weight is 239 g/mol. The fourth-order valence-corrected chi connectivity index (χ4v) is 3.55. The molecule has 0 N–H and O–H groups in total. The molecule has 0 bridgehead atoms. The summed E-state index contributed by atoms with van der Waals surface area (Å²) < 4.78 is 24.9. The Hall–Kier alpha value is -0.870. The Morgan fingerprint density at radius 2 is 2.00 bits per heavy atom. The van der Waals surface area contributed by atoms with Gasteiger partial charge in [0, 0.05) is 12.6 Å². The molecule has 0 aliphatic carbocycles. The van der Waals surface area contributed by atoms with Gasteiger partial charge in [0.25, 0.3) is 0 Å². The van der Waals surface area contributed by atoms with Crippen molar-refractivity contribution in [2.24, 2.45) is 0 Å². The Balaban J connectivity index is 2.38. The van der Waals surface area contributed by atoms with Gasteiger partial charge in [-0.15, -0.1) is 0 Å². The molecular formula is C12H17NO2S. The third-order valence-electron chi connectivity index (χ3n) is 3.18. The molecular weight excluding hydrogens is 222 g/mol. The Morgan fingerprint density at radius 1 is 1.31 bits per heavy atom. The maximum atomic E-state index is 11.7. The molecule has 1 aromatic carbocycles. The van der Waals surface area contributed by atoms with E-state index in [0.29, 0.717) is 6.54 Å². The summed E-state index contributed by atoms with van der Waals surface area (Å²) in [6.45, 7) is 2.69. The molecule has 1 saturated heterocycles. The first-order valence-corrected chi connectivity index (χ1v) is 7.37. The molecule has 2 rings (SSSR count). The van der Waals surface area contributed by atoms with Gasteiger partial charge in [0.1, 0.15) is 0 Å². The minimum Gasteiger partial charge on any atom is -0.212 e. The number of benzene rings is 1. The van der Waals surface area contributed by atoms with Gasteiger partial charge in [-0.25, -0.2) is 8.42 Å². The van der Waals surface area contributed by atoms with E-state index in [0.717, 1.165) is 18.4 Å². The van der Waals surface area contributed by atoms with E-state index in [1.165, 1.54) is 11.8 Å². The van der Waals surface area contributed by atoms with E-state index in [1.807, 2.05) is 31.2 Å². The molecule has 1 heterocycles. The lowest BCUT2D eigenvalue weighted by molar-refractivity contribution is 0.399. The van der Waals surface area contributed by atoms with E-state index in [2.05, 4.69) is 0 Å². The first kappa shape index (κ1) is 11.6. The molecule has 1 unspecified atom stereocenters. The Bertz CT molecular complexity index is 482. The first-order chi connectivity index (χ1) is 7.50. The number of sulfonamides is 1. The summed E-state index contributed by atoms with van der Waals surface area (Å²) in [6.07, 6.45) is 3.17. The zero-order chi connectivity index (χ0) is 11.8. The number of aryl methyl sites for hydroxylation is 1. The molecule has 4 heteroatoms. The molecule has 3 nitrogen and oxygen atoms in total. The van der Waals surface area contributed by atoms with Gasteiger partial charge in [0.15, 0.2) is 0 Å². The van der Waals surface area contributed by atoms with Crippen LogP contribution in [-0.2, 0) is 10.0 Å². The normalized spacial score (nSPS) is 22.5. The summed E-state index contributed by atoms with van der Waals surface area (Å²) in [4.78, 5) is 0. The van der Waals surface area contributed by atoms with E-state index in [9.17, 15) is 8.42 Å². The highest BCUT2D eigenvalue weighted by Crippen LogP contribution is 2.35. The van der Waals surface area contributed by atoms with E-state index in [4.69, 9.17) is 0 Å².